The molecule has 0 aliphatic carbocycles. The number of hydrogen-bond acceptors (Lipinski definition) is 4. The van der Waals surface area contributed by atoms with E-state index in [-0.39, 0.29) is 11.7 Å². The summed E-state index contributed by atoms with van der Waals surface area (Å²) in [5, 5.41) is 13.8. The van der Waals surface area contributed by atoms with E-state index in [2.05, 4.69) is 5.32 Å². The van der Waals surface area contributed by atoms with E-state index in [1.54, 1.807) is 0 Å². The van der Waals surface area contributed by atoms with Crippen molar-refractivity contribution < 1.29 is 18.1 Å². The Morgan fingerprint density at radius 2 is 2.00 bits per heavy atom. The summed E-state index contributed by atoms with van der Waals surface area (Å²) in [6.45, 7) is 2.59. The lowest BCUT2D eigenvalue weighted by Crippen LogP contribution is -2.23. The average Bonchev–Trinajstić information content (AvgIpc) is 2.35. The Bertz CT molecular complexity index is 504. The number of rotatable bonds is 6. The van der Waals surface area contributed by atoms with Gasteiger partial charge < -0.3 is 10.2 Å². The van der Waals surface area contributed by atoms with Crippen LogP contribution in [0.4, 0.5) is 24.5 Å². The largest absolute Gasteiger partial charge is 0.416 e. The summed E-state index contributed by atoms with van der Waals surface area (Å²) < 4.78 is 37.8. The monoisotopic (exact) mass is 305 g/mol. The summed E-state index contributed by atoms with van der Waals surface area (Å²) >= 11 is 0. The molecule has 0 saturated carbocycles. The zero-order valence-electron chi connectivity index (χ0n) is 12.1. The average molecular weight is 305 g/mol. The lowest BCUT2D eigenvalue weighted by molar-refractivity contribution is -0.384. The summed E-state index contributed by atoms with van der Waals surface area (Å²) in [7, 11) is 3.79. The van der Waals surface area contributed by atoms with Gasteiger partial charge in [-0.1, -0.05) is 0 Å². The van der Waals surface area contributed by atoms with E-state index >= 15 is 0 Å². The van der Waals surface area contributed by atoms with Gasteiger partial charge in [0.05, 0.1) is 10.5 Å². The minimum Gasteiger partial charge on any atom is -0.377 e. The van der Waals surface area contributed by atoms with Gasteiger partial charge in [-0.05, 0) is 46.1 Å². The SMILES string of the molecule is CC(CCN(C)C)Nc1ccc(C(F)(F)F)cc1[N+](=O)[O-]. The van der Waals surface area contributed by atoms with Crippen LogP contribution in [0.2, 0.25) is 0 Å². The van der Waals surface area contributed by atoms with Crippen LogP contribution >= 0.6 is 0 Å². The van der Waals surface area contributed by atoms with Crippen LogP contribution in [0.1, 0.15) is 18.9 Å². The normalized spacial score (nSPS) is 13.3. The number of anilines is 1. The predicted octanol–water partition coefficient (Wildman–Crippen LogP) is 3.37. The van der Waals surface area contributed by atoms with Gasteiger partial charge in [0.2, 0.25) is 0 Å². The highest BCUT2D eigenvalue weighted by Gasteiger charge is 2.33. The molecule has 1 aromatic rings. The van der Waals surface area contributed by atoms with Gasteiger partial charge >= 0.3 is 6.18 Å². The first kappa shape index (κ1) is 17.2. The van der Waals surface area contributed by atoms with Gasteiger partial charge in [0.1, 0.15) is 5.69 Å². The highest BCUT2D eigenvalue weighted by Crippen LogP contribution is 2.35. The maximum absolute atomic E-state index is 12.6. The number of nitro benzene ring substituents is 1. The molecule has 0 spiro atoms. The van der Waals surface area contributed by atoms with Gasteiger partial charge in [0.25, 0.3) is 5.69 Å². The summed E-state index contributed by atoms with van der Waals surface area (Å²) in [6, 6.07) is 2.41. The van der Waals surface area contributed by atoms with E-state index in [0.29, 0.717) is 12.5 Å². The molecule has 0 aromatic heterocycles. The molecule has 0 fully saturated rings. The van der Waals surface area contributed by atoms with Crippen molar-refractivity contribution in [3.63, 3.8) is 0 Å². The molecule has 118 valence electrons. The number of nitrogens with zero attached hydrogens (tertiary/aromatic N) is 2. The zero-order valence-corrected chi connectivity index (χ0v) is 12.1. The first-order chi connectivity index (χ1) is 9.61. The Kier molecular flexibility index (Phi) is 5.54. The molecule has 0 aliphatic rings. The zero-order chi connectivity index (χ0) is 16.2. The molecular weight excluding hydrogens is 287 g/mol. The molecule has 5 nitrogen and oxygen atoms in total. The topological polar surface area (TPSA) is 58.4 Å². The lowest BCUT2D eigenvalue weighted by Gasteiger charge is -2.18. The van der Waals surface area contributed by atoms with Crippen molar-refractivity contribution in [2.45, 2.75) is 25.6 Å². The molecule has 21 heavy (non-hydrogen) atoms. The molecule has 1 N–H and O–H groups in total. The fourth-order valence-electron chi connectivity index (χ4n) is 1.77. The molecule has 0 radical (unpaired) electrons. The van der Waals surface area contributed by atoms with E-state index in [1.807, 2.05) is 25.9 Å². The summed E-state index contributed by atoms with van der Waals surface area (Å²) in [5.41, 5.74) is -1.50. The minimum absolute atomic E-state index is 0.0946. The van der Waals surface area contributed by atoms with Crippen molar-refractivity contribution >= 4 is 11.4 Å². The van der Waals surface area contributed by atoms with Crippen molar-refractivity contribution in [1.29, 1.82) is 0 Å². The van der Waals surface area contributed by atoms with Gasteiger partial charge in [0, 0.05) is 12.1 Å². The van der Waals surface area contributed by atoms with E-state index in [0.717, 1.165) is 18.7 Å². The van der Waals surface area contributed by atoms with Crippen LogP contribution in [0.5, 0.6) is 0 Å². The number of benzene rings is 1. The van der Waals surface area contributed by atoms with Crippen LogP contribution in [0, 0.1) is 10.1 Å². The van der Waals surface area contributed by atoms with Crippen molar-refractivity contribution in [2.24, 2.45) is 0 Å². The molecule has 8 heteroatoms. The highest BCUT2D eigenvalue weighted by molar-refractivity contribution is 5.63. The fourth-order valence-corrected chi connectivity index (χ4v) is 1.77. The minimum atomic E-state index is -4.60. The molecule has 0 aliphatic heterocycles. The number of halogens is 3. The Morgan fingerprint density at radius 1 is 1.38 bits per heavy atom. The molecule has 0 amide bonds. The van der Waals surface area contributed by atoms with Crippen molar-refractivity contribution in [2.75, 3.05) is 26.0 Å². The molecule has 0 saturated heterocycles. The van der Waals surface area contributed by atoms with Crippen LogP contribution < -0.4 is 5.32 Å². The Morgan fingerprint density at radius 3 is 2.48 bits per heavy atom. The van der Waals surface area contributed by atoms with Gasteiger partial charge in [0.15, 0.2) is 0 Å². The second-order valence-electron chi connectivity index (χ2n) is 5.12. The Hall–Kier alpha value is -1.83. The summed E-state index contributed by atoms with van der Waals surface area (Å²) in [6.07, 6.45) is -3.88. The van der Waals surface area contributed by atoms with E-state index < -0.39 is 22.4 Å². The van der Waals surface area contributed by atoms with Crippen LogP contribution in [-0.2, 0) is 6.18 Å². The smallest absolute Gasteiger partial charge is 0.377 e. The molecule has 0 bridgehead atoms. The van der Waals surface area contributed by atoms with Crippen LogP contribution in [-0.4, -0.2) is 36.5 Å². The van der Waals surface area contributed by atoms with Crippen molar-refractivity contribution in [3.05, 3.63) is 33.9 Å². The van der Waals surface area contributed by atoms with E-state index in [4.69, 9.17) is 0 Å². The van der Waals surface area contributed by atoms with Crippen LogP contribution in [0.25, 0.3) is 0 Å². The Labute approximate surface area is 120 Å². The third-order valence-electron chi connectivity index (χ3n) is 2.93. The van der Waals surface area contributed by atoms with Gasteiger partial charge in [-0.25, -0.2) is 0 Å². The molecule has 1 unspecified atom stereocenters. The summed E-state index contributed by atoms with van der Waals surface area (Å²) in [4.78, 5) is 12.1. The predicted molar refractivity (Wildman–Crippen MR) is 74.4 cm³/mol. The molecule has 0 heterocycles. The first-order valence-corrected chi connectivity index (χ1v) is 6.38. The van der Waals surface area contributed by atoms with E-state index in [1.165, 1.54) is 0 Å². The lowest BCUT2D eigenvalue weighted by atomic mass is 10.1. The van der Waals surface area contributed by atoms with Gasteiger partial charge in [-0.3, -0.25) is 10.1 Å². The third kappa shape index (κ3) is 5.22. The number of hydrogen-bond donors (Lipinski definition) is 1. The summed E-state index contributed by atoms with van der Waals surface area (Å²) in [5.74, 6) is 0. The highest BCUT2D eigenvalue weighted by atomic mass is 19.4. The maximum atomic E-state index is 12.6. The third-order valence-corrected chi connectivity index (χ3v) is 2.93. The standard InChI is InChI=1S/C13H18F3N3O2/c1-9(6-7-18(2)3)17-11-5-4-10(13(14,15)16)8-12(11)19(20)21/h4-5,8-9,17H,6-7H2,1-3H3. The van der Waals surface area contributed by atoms with Crippen LogP contribution in [0.3, 0.4) is 0 Å². The number of alkyl halides is 3. The Balaban J connectivity index is 2.94. The number of nitrogens with one attached hydrogen (secondary N) is 1. The van der Waals surface area contributed by atoms with Crippen molar-refractivity contribution in [3.8, 4) is 0 Å². The van der Waals surface area contributed by atoms with Crippen molar-refractivity contribution in [1.82, 2.24) is 4.90 Å². The number of nitro groups is 1. The molecule has 1 rings (SSSR count). The van der Waals surface area contributed by atoms with Gasteiger partial charge in [-0.2, -0.15) is 13.2 Å². The maximum Gasteiger partial charge on any atom is 0.416 e. The molecule has 1 atom stereocenters. The second kappa shape index (κ2) is 6.75. The van der Waals surface area contributed by atoms with Gasteiger partial charge in [-0.15, -0.1) is 0 Å². The second-order valence-corrected chi connectivity index (χ2v) is 5.12. The molecular formula is C13H18F3N3O2. The molecule has 1 aromatic carbocycles. The first-order valence-electron chi connectivity index (χ1n) is 6.38. The van der Waals surface area contributed by atoms with Crippen LogP contribution in [0.15, 0.2) is 18.2 Å². The quantitative estimate of drug-likeness (QED) is 0.646. The van der Waals surface area contributed by atoms with E-state index in [9.17, 15) is 23.3 Å². The fraction of sp³-hybridized carbons (Fsp3) is 0.538.